The van der Waals surface area contributed by atoms with E-state index >= 15 is 0 Å². The summed E-state index contributed by atoms with van der Waals surface area (Å²) in [7, 11) is -3.43. The molecular formula is C22H27ClN2O5S. The molecule has 0 spiro atoms. The summed E-state index contributed by atoms with van der Waals surface area (Å²) in [6.07, 6.45) is 1.13. The average Bonchev–Trinajstić information content (AvgIpc) is 3.30. The summed E-state index contributed by atoms with van der Waals surface area (Å²) in [6.45, 7) is 5.21. The van der Waals surface area contributed by atoms with Gasteiger partial charge in [0.1, 0.15) is 18.1 Å². The van der Waals surface area contributed by atoms with Gasteiger partial charge in [-0.25, -0.2) is 8.42 Å². The lowest BCUT2D eigenvalue weighted by atomic mass is 10.2. The maximum Gasteiger partial charge on any atom is 0.260 e. The standard InChI is InChI=1S/C22H27ClN2O5S/c1-16-15-19(7-10-21(16)23)30-17(2)22(26)24-11-14-29-18-5-8-20(9-6-18)31(27,28)25-12-3-4-13-25/h5-10,15,17H,3-4,11-14H2,1-2H3,(H,24,26)/t17-/m1/s1. The normalized spacial score (nSPS) is 15.5. The first-order valence-electron chi connectivity index (χ1n) is 10.2. The number of hydrogen-bond donors (Lipinski definition) is 1. The molecule has 31 heavy (non-hydrogen) atoms. The highest BCUT2D eigenvalue weighted by atomic mass is 35.5. The second-order valence-electron chi connectivity index (χ2n) is 7.39. The molecule has 3 rings (SSSR count). The van der Waals surface area contributed by atoms with Crippen LogP contribution in [-0.4, -0.2) is 51.0 Å². The van der Waals surface area contributed by atoms with Crippen molar-refractivity contribution in [2.75, 3.05) is 26.2 Å². The number of amides is 1. The van der Waals surface area contributed by atoms with Crippen molar-refractivity contribution in [1.29, 1.82) is 0 Å². The van der Waals surface area contributed by atoms with Gasteiger partial charge in [0.15, 0.2) is 6.10 Å². The maximum absolute atomic E-state index is 12.5. The van der Waals surface area contributed by atoms with E-state index in [1.807, 2.05) is 6.92 Å². The number of ether oxygens (including phenoxy) is 2. The summed E-state index contributed by atoms with van der Waals surface area (Å²) >= 11 is 5.99. The minimum Gasteiger partial charge on any atom is -0.492 e. The Morgan fingerprint density at radius 2 is 1.77 bits per heavy atom. The van der Waals surface area contributed by atoms with Gasteiger partial charge in [0.05, 0.1) is 11.4 Å². The third-order valence-electron chi connectivity index (χ3n) is 5.01. The Kier molecular flexibility index (Phi) is 7.80. The van der Waals surface area contributed by atoms with E-state index in [9.17, 15) is 13.2 Å². The predicted molar refractivity (Wildman–Crippen MR) is 119 cm³/mol. The summed E-state index contributed by atoms with van der Waals surface area (Å²) in [4.78, 5) is 12.5. The van der Waals surface area contributed by atoms with Crippen LogP contribution in [0.1, 0.15) is 25.3 Å². The van der Waals surface area contributed by atoms with E-state index in [1.165, 1.54) is 4.31 Å². The molecule has 0 saturated carbocycles. The zero-order chi connectivity index (χ0) is 22.4. The molecule has 0 aromatic heterocycles. The molecule has 0 radical (unpaired) electrons. The van der Waals surface area contributed by atoms with E-state index < -0.39 is 16.1 Å². The van der Waals surface area contributed by atoms with Gasteiger partial charge in [0.25, 0.3) is 5.91 Å². The molecule has 1 aliphatic heterocycles. The minimum atomic E-state index is -3.43. The lowest BCUT2D eigenvalue weighted by molar-refractivity contribution is -0.127. The first kappa shape index (κ1) is 23.4. The van der Waals surface area contributed by atoms with E-state index in [4.69, 9.17) is 21.1 Å². The predicted octanol–water partition coefficient (Wildman–Crippen LogP) is 3.40. The van der Waals surface area contributed by atoms with Crippen LogP contribution in [0.15, 0.2) is 47.4 Å². The number of halogens is 1. The van der Waals surface area contributed by atoms with E-state index in [-0.39, 0.29) is 17.4 Å². The second kappa shape index (κ2) is 10.3. The number of rotatable bonds is 9. The molecule has 0 unspecified atom stereocenters. The van der Waals surface area contributed by atoms with Crippen LogP contribution in [0, 0.1) is 6.92 Å². The van der Waals surface area contributed by atoms with E-state index in [2.05, 4.69) is 5.32 Å². The number of hydrogen-bond acceptors (Lipinski definition) is 5. The van der Waals surface area contributed by atoms with E-state index in [1.54, 1.807) is 49.4 Å². The monoisotopic (exact) mass is 466 g/mol. The molecule has 1 saturated heterocycles. The van der Waals surface area contributed by atoms with Crippen LogP contribution in [0.5, 0.6) is 11.5 Å². The number of carbonyl (C=O) groups is 1. The Balaban J connectivity index is 1.42. The molecule has 1 atom stereocenters. The molecule has 1 N–H and O–H groups in total. The number of carbonyl (C=O) groups excluding carboxylic acids is 1. The largest absolute Gasteiger partial charge is 0.492 e. The Labute approximate surface area is 188 Å². The first-order chi connectivity index (χ1) is 14.8. The van der Waals surface area contributed by atoms with Gasteiger partial charge in [0, 0.05) is 18.1 Å². The molecule has 9 heteroatoms. The lowest BCUT2D eigenvalue weighted by Crippen LogP contribution is -2.38. The molecule has 1 aliphatic rings. The van der Waals surface area contributed by atoms with Crippen molar-refractivity contribution in [3.63, 3.8) is 0 Å². The third-order valence-corrected chi connectivity index (χ3v) is 7.35. The van der Waals surface area contributed by atoms with Crippen LogP contribution >= 0.6 is 11.6 Å². The quantitative estimate of drug-likeness (QED) is 0.572. The van der Waals surface area contributed by atoms with Gasteiger partial charge in [-0.05, 0) is 74.7 Å². The second-order valence-corrected chi connectivity index (χ2v) is 9.74. The van der Waals surface area contributed by atoms with Gasteiger partial charge in [0.2, 0.25) is 10.0 Å². The summed E-state index contributed by atoms with van der Waals surface area (Å²) in [5.74, 6) is 0.851. The van der Waals surface area contributed by atoms with E-state index in [0.717, 1.165) is 18.4 Å². The number of nitrogens with zero attached hydrogens (tertiary/aromatic N) is 1. The molecule has 2 aromatic rings. The summed E-state index contributed by atoms with van der Waals surface area (Å²) in [5, 5.41) is 3.40. The summed E-state index contributed by atoms with van der Waals surface area (Å²) in [5.41, 5.74) is 0.874. The van der Waals surface area contributed by atoms with Crippen molar-refractivity contribution in [3.8, 4) is 11.5 Å². The van der Waals surface area contributed by atoms with Crippen LogP contribution in [-0.2, 0) is 14.8 Å². The zero-order valence-electron chi connectivity index (χ0n) is 17.6. The van der Waals surface area contributed by atoms with Crippen LogP contribution < -0.4 is 14.8 Å². The maximum atomic E-state index is 12.5. The SMILES string of the molecule is Cc1cc(O[C@H](C)C(=O)NCCOc2ccc(S(=O)(=O)N3CCCC3)cc2)ccc1Cl. The van der Waals surface area contributed by atoms with Crippen LogP contribution in [0.25, 0.3) is 0 Å². The number of aryl methyl sites for hydroxylation is 1. The highest BCUT2D eigenvalue weighted by Crippen LogP contribution is 2.23. The summed E-state index contributed by atoms with van der Waals surface area (Å²) in [6, 6.07) is 11.6. The van der Waals surface area contributed by atoms with Crippen molar-refractivity contribution in [2.45, 2.75) is 37.7 Å². The Morgan fingerprint density at radius 1 is 1.13 bits per heavy atom. The van der Waals surface area contributed by atoms with Gasteiger partial charge in [-0.3, -0.25) is 4.79 Å². The van der Waals surface area contributed by atoms with Crippen molar-refractivity contribution in [3.05, 3.63) is 53.1 Å². The Bertz CT molecular complexity index is 1010. The first-order valence-corrected chi connectivity index (χ1v) is 12.0. The number of sulfonamides is 1. The smallest absolute Gasteiger partial charge is 0.260 e. The average molecular weight is 467 g/mol. The fourth-order valence-corrected chi connectivity index (χ4v) is 4.85. The topological polar surface area (TPSA) is 84.9 Å². The van der Waals surface area contributed by atoms with Crippen LogP contribution in [0.2, 0.25) is 5.02 Å². The van der Waals surface area contributed by atoms with Gasteiger partial charge in [-0.15, -0.1) is 0 Å². The fraction of sp³-hybridized carbons (Fsp3) is 0.409. The Morgan fingerprint density at radius 3 is 2.42 bits per heavy atom. The highest BCUT2D eigenvalue weighted by Gasteiger charge is 2.26. The number of nitrogens with one attached hydrogen (secondary N) is 1. The molecule has 1 fully saturated rings. The minimum absolute atomic E-state index is 0.247. The Hall–Kier alpha value is -2.29. The molecule has 168 valence electrons. The molecule has 0 aliphatic carbocycles. The molecule has 1 amide bonds. The third kappa shape index (κ3) is 6.12. The van der Waals surface area contributed by atoms with Crippen LogP contribution in [0.4, 0.5) is 0 Å². The lowest BCUT2D eigenvalue weighted by Gasteiger charge is -2.16. The van der Waals surface area contributed by atoms with Crippen LogP contribution in [0.3, 0.4) is 0 Å². The van der Waals surface area contributed by atoms with Gasteiger partial charge >= 0.3 is 0 Å². The van der Waals surface area contributed by atoms with Gasteiger partial charge in [-0.1, -0.05) is 11.6 Å². The number of benzene rings is 2. The molecule has 1 heterocycles. The van der Waals surface area contributed by atoms with Crippen molar-refractivity contribution in [2.24, 2.45) is 0 Å². The zero-order valence-corrected chi connectivity index (χ0v) is 19.2. The van der Waals surface area contributed by atoms with Crippen molar-refractivity contribution >= 4 is 27.5 Å². The van der Waals surface area contributed by atoms with E-state index in [0.29, 0.717) is 36.2 Å². The molecule has 2 aromatic carbocycles. The molecule has 0 bridgehead atoms. The molecule has 7 nitrogen and oxygen atoms in total. The molecular weight excluding hydrogens is 440 g/mol. The van der Waals surface area contributed by atoms with Gasteiger partial charge in [-0.2, -0.15) is 4.31 Å². The summed E-state index contributed by atoms with van der Waals surface area (Å²) < 4.78 is 37.8. The van der Waals surface area contributed by atoms with Gasteiger partial charge < -0.3 is 14.8 Å². The van der Waals surface area contributed by atoms with Crippen molar-refractivity contribution in [1.82, 2.24) is 9.62 Å². The fourth-order valence-electron chi connectivity index (χ4n) is 3.22. The van der Waals surface area contributed by atoms with Crippen molar-refractivity contribution < 1.29 is 22.7 Å². The highest BCUT2D eigenvalue weighted by molar-refractivity contribution is 7.89.